The molecule has 0 unspecified atom stereocenters. The number of para-hydroxylation sites is 1. The molecule has 4 aromatic rings. The third-order valence-corrected chi connectivity index (χ3v) is 6.50. The summed E-state index contributed by atoms with van der Waals surface area (Å²) in [7, 11) is 5.14. The highest BCUT2D eigenvalue weighted by molar-refractivity contribution is 6.02. The molecule has 37 heavy (non-hydrogen) atoms. The first-order valence-corrected chi connectivity index (χ1v) is 12.2. The summed E-state index contributed by atoms with van der Waals surface area (Å²) in [5.74, 6) is 2.33. The zero-order valence-electron chi connectivity index (χ0n) is 21.3. The van der Waals surface area contributed by atoms with Crippen molar-refractivity contribution in [1.82, 2.24) is 29.5 Å². The summed E-state index contributed by atoms with van der Waals surface area (Å²) in [4.78, 5) is 21.6. The van der Waals surface area contributed by atoms with Crippen molar-refractivity contribution >= 4 is 28.8 Å². The maximum absolute atomic E-state index is 12.7. The van der Waals surface area contributed by atoms with Crippen molar-refractivity contribution in [3.63, 3.8) is 0 Å². The first kappa shape index (κ1) is 24.4. The van der Waals surface area contributed by atoms with Crippen LogP contribution in [0.3, 0.4) is 0 Å². The molecule has 0 amide bonds. The van der Waals surface area contributed by atoms with Crippen LogP contribution in [0.25, 0.3) is 11.4 Å². The van der Waals surface area contributed by atoms with Crippen LogP contribution in [0.5, 0.6) is 5.75 Å². The van der Waals surface area contributed by atoms with Crippen molar-refractivity contribution in [1.29, 1.82) is 0 Å². The van der Waals surface area contributed by atoms with Gasteiger partial charge >= 0.3 is 0 Å². The highest BCUT2D eigenvalue weighted by atomic mass is 16.5. The summed E-state index contributed by atoms with van der Waals surface area (Å²) in [5, 5.41) is 15.7. The SMILES string of the molecule is CCC(=O)c1cnc(Nc2ccn([C@H]3C[C@H](OC)C3)n2)cc1Nc1cccc(-c2ncn(C)n2)c1OC. The van der Waals surface area contributed by atoms with E-state index >= 15 is 0 Å². The first-order chi connectivity index (χ1) is 18.0. The fraction of sp³-hybridized carbons (Fsp3) is 0.346. The van der Waals surface area contributed by atoms with Crippen LogP contribution in [-0.2, 0) is 11.8 Å². The van der Waals surface area contributed by atoms with Gasteiger partial charge in [-0.15, -0.1) is 0 Å². The Balaban J connectivity index is 1.43. The summed E-state index contributed by atoms with van der Waals surface area (Å²) in [5.41, 5.74) is 2.51. The van der Waals surface area contributed by atoms with Gasteiger partial charge in [0.15, 0.2) is 23.2 Å². The number of aromatic nitrogens is 6. The molecule has 0 spiro atoms. The van der Waals surface area contributed by atoms with Crippen molar-refractivity contribution in [3.8, 4) is 17.1 Å². The van der Waals surface area contributed by atoms with Crippen molar-refractivity contribution in [3.05, 3.63) is 54.6 Å². The van der Waals surface area contributed by atoms with Crippen LogP contribution in [0.2, 0.25) is 0 Å². The Bertz CT molecular complexity index is 1410. The number of carbonyl (C=O) groups excluding carboxylic acids is 1. The monoisotopic (exact) mass is 502 g/mol. The van der Waals surface area contributed by atoms with E-state index in [2.05, 4.69) is 30.8 Å². The largest absolute Gasteiger partial charge is 0.494 e. The second-order valence-electron chi connectivity index (χ2n) is 8.93. The van der Waals surface area contributed by atoms with Crippen molar-refractivity contribution in [2.45, 2.75) is 38.3 Å². The van der Waals surface area contributed by atoms with Crippen LogP contribution in [0, 0.1) is 0 Å². The number of methoxy groups -OCH3 is 2. The van der Waals surface area contributed by atoms with E-state index in [0.29, 0.717) is 58.7 Å². The highest BCUT2D eigenvalue weighted by Crippen LogP contribution is 2.38. The van der Waals surface area contributed by atoms with Crippen LogP contribution >= 0.6 is 0 Å². The zero-order chi connectivity index (χ0) is 25.9. The molecule has 1 saturated carbocycles. The Morgan fingerprint density at radius 1 is 1.08 bits per heavy atom. The number of aryl methyl sites for hydroxylation is 1. The molecule has 11 heteroatoms. The van der Waals surface area contributed by atoms with Crippen LogP contribution < -0.4 is 15.4 Å². The molecule has 0 saturated heterocycles. The molecular formula is C26H30N8O3. The Morgan fingerprint density at radius 3 is 2.62 bits per heavy atom. The molecule has 1 fully saturated rings. The molecule has 5 rings (SSSR count). The maximum Gasteiger partial charge on any atom is 0.184 e. The van der Waals surface area contributed by atoms with Gasteiger partial charge in [0.1, 0.15) is 12.1 Å². The molecule has 11 nitrogen and oxygen atoms in total. The van der Waals surface area contributed by atoms with E-state index in [1.54, 1.807) is 37.5 Å². The summed E-state index contributed by atoms with van der Waals surface area (Å²) in [6, 6.07) is 9.71. The van der Waals surface area contributed by atoms with Crippen molar-refractivity contribution < 1.29 is 14.3 Å². The van der Waals surface area contributed by atoms with Crippen LogP contribution in [-0.4, -0.2) is 55.6 Å². The van der Waals surface area contributed by atoms with E-state index in [0.717, 1.165) is 18.4 Å². The number of hydrogen-bond acceptors (Lipinski definition) is 9. The van der Waals surface area contributed by atoms with Crippen molar-refractivity contribution in [2.24, 2.45) is 7.05 Å². The van der Waals surface area contributed by atoms with E-state index in [4.69, 9.17) is 9.47 Å². The number of nitrogens with one attached hydrogen (secondary N) is 2. The number of pyridine rings is 1. The molecule has 0 atom stereocenters. The molecule has 3 heterocycles. The van der Waals surface area contributed by atoms with E-state index in [-0.39, 0.29) is 5.78 Å². The second-order valence-corrected chi connectivity index (χ2v) is 8.93. The van der Waals surface area contributed by atoms with Crippen molar-refractivity contribution in [2.75, 3.05) is 24.9 Å². The number of nitrogens with zero attached hydrogens (tertiary/aromatic N) is 6. The molecule has 1 aromatic carbocycles. The molecule has 0 bridgehead atoms. The lowest BCUT2D eigenvalue weighted by atomic mass is 9.89. The van der Waals surface area contributed by atoms with Gasteiger partial charge in [-0.2, -0.15) is 10.2 Å². The minimum atomic E-state index is -0.0231. The van der Waals surface area contributed by atoms with Gasteiger partial charge in [-0.3, -0.25) is 14.2 Å². The van der Waals surface area contributed by atoms with Gasteiger partial charge in [0.05, 0.1) is 41.8 Å². The summed E-state index contributed by atoms with van der Waals surface area (Å²) in [6.45, 7) is 1.83. The van der Waals surface area contributed by atoms with Gasteiger partial charge in [-0.1, -0.05) is 13.0 Å². The fourth-order valence-electron chi connectivity index (χ4n) is 4.36. The molecule has 1 aliphatic carbocycles. The molecule has 0 radical (unpaired) electrons. The maximum atomic E-state index is 12.7. The summed E-state index contributed by atoms with van der Waals surface area (Å²) >= 11 is 0. The lowest BCUT2D eigenvalue weighted by Crippen LogP contribution is -2.32. The Kier molecular flexibility index (Phi) is 6.87. The minimum absolute atomic E-state index is 0.0231. The van der Waals surface area contributed by atoms with E-state index in [9.17, 15) is 4.79 Å². The van der Waals surface area contributed by atoms with Crippen LogP contribution in [0.4, 0.5) is 23.0 Å². The number of ether oxygens (including phenoxy) is 2. The number of ketones is 1. The number of hydrogen-bond donors (Lipinski definition) is 2. The Morgan fingerprint density at radius 2 is 1.92 bits per heavy atom. The van der Waals surface area contributed by atoms with Gasteiger partial charge < -0.3 is 20.1 Å². The third-order valence-electron chi connectivity index (χ3n) is 6.50. The van der Waals surface area contributed by atoms with E-state index in [1.807, 2.05) is 49.1 Å². The lowest BCUT2D eigenvalue weighted by molar-refractivity contribution is 0.00257. The molecule has 1 aliphatic rings. The van der Waals surface area contributed by atoms with Gasteiger partial charge in [-0.05, 0) is 25.0 Å². The number of rotatable bonds is 10. The summed E-state index contributed by atoms with van der Waals surface area (Å²) < 4.78 is 14.7. The van der Waals surface area contributed by atoms with Crippen LogP contribution in [0.15, 0.2) is 49.1 Å². The molecule has 2 N–H and O–H groups in total. The first-order valence-electron chi connectivity index (χ1n) is 12.2. The lowest BCUT2D eigenvalue weighted by Gasteiger charge is -2.34. The third kappa shape index (κ3) is 5.03. The molecule has 3 aromatic heterocycles. The smallest absolute Gasteiger partial charge is 0.184 e. The number of benzene rings is 1. The molecular weight excluding hydrogens is 472 g/mol. The van der Waals surface area contributed by atoms with Crippen LogP contribution in [0.1, 0.15) is 42.6 Å². The zero-order valence-corrected chi connectivity index (χ0v) is 21.3. The van der Waals surface area contributed by atoms with E-state index < -0.39 is 0 Å². The Hall–Kier alpha value is -4.25. The predicted octanol–water partition coefficient (Wildman–Crippen LogP) is 4.51. The number of carbonyl (C=O) groups is 1. The normalized spacial score (nSPS) is 16.8. The number of Topliss-reactive ketones (excluding diaryl/α,β-unsaturated/α-hetero) is 1. The fourth-order valence-corrected chi connectivity index (χ4v) is 4.36. The molecule has 192 valence electrons. The van der Waals surface area contributed by atoms with E-state index in [1.165, 1.54) is 0 Å². The predicted molar refractivity (Wildman–Crippen MR) is 140 cm³/mol. The minimum Gasteiger partial charge on any atom is -0.494 e. The Labute approximate surface area is 214 Å². The van der Waals surface area contributed by atoms with Gasteiger partial charge in [0, 0.05) is 45.1 Å². The standard InChI is InChI=1S/C26H30N8O3/c1-5-22(35)19-14-27-24(30-23-9-10-34(31-23)16-11-17(12-16)36-3)13-21(19)29-20-8-6-7-18(25(20)37-4)26-28-15-33(2)32-26/h6-10,13-17H,5,11-12H2,1-4H3,(H2,27,29,30,31)/t16-,17-. The topological polar surface area (TPSA) is 121 Å². The van der Waals surface area contributed by atoms with Gasteiger partial charge in [-0.25, -0.2) is 9.97 Å². The summed E-state index contributed by atoms with van der Waals surface area (Å²) in [6.07, 6.45) is 7.73. The highest BCUT2D eigenvalue weighted by Gasteiger charge is 2.31. The number of anilines is 4. The van der Waals surface area contributed by atoms with Gasteiger partial charge in [0.25, 0.3) is 0 Å². The average Bonchev–Trinajstić information content (AvgIpc) is 3.52. The second kappa shape index (κ2) is 10.4. The average molecular weight is 503 g/mol. The quantitative estimate of drug-likeness (QED) is 0.302. The van der Waals surface area contributed by atoms with Gasteiger partial charge in [0.2, 0.25) is 0 Å². The molecule has 0 aliphatic heterocycles.